The fourth-order valence-corrected chi connectivity index (χ4v) is 2.52. The molecule has 0 aliphatic heterocycles. The van der Waals surface area contributed by atoms with E-state index in [2.05, 4.69) is 45.1 Å². The predicted octanol–water partition coefficient (Wildman–Crippen LogP) is 5.23. The molecule has 0 amide bonds. The highest BCUT2D eigenvalue weighted by Gasteiger charge is 2.12. The quantitative estimate of drug-likeness (QED) is 0.805. The Balaban J connectivity index is 2.31. The van der Waals surface area contributed by atoms with Gasteiger partial charge >= 0.3 is 0 Å². The number of benzene rings is 2. The first kappa shape index (κ1) is 14.6. The van der Waals surface area contributed by atoms with Gasteiger partial charge < -0.3 is 5.32 Å². The molecule has 0 aliphatic carbocycles. The van der Waals surface area contributed by atoms with Gasteiger partial charge in [-0.3, -0.25) is 0 Å². The van der Waals surface area contributed by atoms with Gasteiger partial charge in [0.05, 0.1) is 0 Å². The van der Waals surface area contributed by atoms with Gasteiger partial charge in [0.1, 0.15) is 5.82 Å². The number of anilines is 1. The molecular weight excluding hydrogens is 249 g/mol. The Morgan fingerprint density at radius 1 is 0.950 bits per heavy atom. The molecule has 0 aromatic heterocycles. The average Bonchev–Trinajstić information content (AvgIpc) is 2.39. The minimum absolute atomic E-state index is 0.148. The Morgan fingerprint density at radius 3 is 2.30 bits per heavy atom. The molecule has 2 aromatic rings. The number of rotatable bonds is 3. The van der Waals surface area contributed by atoms with Crippen molar-refractivity contribution < 1.29 is 4.39 Å². The lowest BCUT2D eigenvalue weighted by molar-refractivity contribution is 0.618. The van der Waals surface area contributed by atoms with Gasteiger partial charge in [0.25, 0.3) is 0 Å². The van der Waals surface area contributed by atoms with E-state index >= 15 is 0 Å². The van der Waals surface area contributed by atoms with Crippen LogP contribution < -0.4 is 5.32 Å². The van der Waals surface area contributed by atoms with Crippen LogP contribution in [0.15, 0.2) is 30.3 Å². The molecule has 2 aromatic carbocycles. The second-order valence-corrected chi connectivity index (χ2v) is 5.57. The molecule has 0 saturated heterocycles. The third-order valence-electron chi connectivity index (χ3n) is 3.99. The summed E-state index contributed by atoms with van der Waals surface area (Å²) in [6, 6.07) is 9.73. The van der Waals surface area contributed by atoms with Crippen LogP contribution in [-0.4, -0.2) is 0 Å². The van der Waals surface area contributed by atoms with Crippen LogP contribution in [-0.2, 0) is 0 Å². The summed E-state index contributed by atoms with van der Waals surface area (Å²) in [7, 11) is 0. The maximum absolute atomic E-state index is 13.6. The van der Waals surface area contributed by atoms with Crippen molar-refractivity contribution >= 4 is 5.69 Å². The maximum atomic E-state index is 13.6. The number of nitrogens with one attached hydrogen (secondary N) is 1. The third kappa shape index (κ3) is 2.84. The largest absolute Gasteiger partial charge is 0.378 e. The minimum atomic E-state index is -0.168. The second kappa shape index (κ2) is 5.66. The van der Waals surface area contributed by atoms with Crippen LogP contribution in [0.25, 0.3) is 0 Å². The molecule has 1 N–H and O–H groups in total. The molecule has 0 heterocycles. The van der Waals surface area contributed by atoms with E-state index in [-0.39, 0.29) is 11.9 Å². The number of aryl methyl sites for hydroxylation is 3. The van der Waals surface area contributed by atoms with Gasteiger partial charge in [0, 0.05) is 17.3 Å². The van der Waals surface area contributed by atoms with Gasteiger partial charge in [0.15, 0.2) is 0 Å². The van der Waals surface area contributed by atoms with Crippen molar-refractivity contribution in [3.63, 3.8) is 0 Å². The molecule has 0 saturated carbocycles. The Kier molecular flexibility index (Phi) is 4.12. The zero-order valence-electron chi connectivity index (χ0n) is 12.8. The van der Waals surface area contributed by atoms with Crippen LogP contribution in [0.5, 0.6) is 0 Å². The lowest BCUT2D eigenvalue weighted by Crippen LogP contribution is -2.10. The summed E-state index contributed by atoms with van der Waals surface area (Å²) in [5, 5.41) is 3.41. The van der Waals surface area contributed by atoms with Gasteiger partial charge in [-0.25, -0.2) is 4.39 Å². The first-order valence-corrected chi connectivity index (χ1v) is 6.99. The molecule has 0 fully saturated rings. The molecular formula is C18H22FN. The van der Waals surface area contributed by atoms with Crippen LogP contribution in [0.1, 0.15) is 40.8 Å². The van der Waals surface area contributed by atoms with Crippen molar-refractivity contribution in [2.75, 3.05) is 5.32 Å². The SMILES string of the molecule is Cc1cc(C)c(C(C)Nc2cccc(F)c2C)cc1C. The van der Waals surface area contributed by atoms with Gasteiger partial charge in [-0.1, -0.05) is 18.2 Å². The van der Waals surface area contributed by atoms with Gasteiger partial charge in [0.2, 0.25) is 0 Å². The summed E-state index contributed by atoms with van der Waals surface area (Å²) in [5.74, 6) is -0.168. The van der Waals surface area contributed by atoms with Crippen LogP contribution in [0.2, 0.25) is 0 Å². The highest BCUT2D eigenvalue weighted by atomic mass is 19.1. The summed E-state index contributed by atoms with van der Waals surface area (Å²) in [6.07, 6.45) is 0. The van der Waals surface area contributed by atoms with Crippen molar-refractivity contribution in [1.29, 1.82) is 0 Å². The zero-order chi connectivity index (χ0) is 14.9. The molecule has 1 atom stereocenters. The zero-order valence-corrected chi connectivity index (χ0v) is 12.8. The highest BCUT2D eigenvalue weighted by molar-refractivity contribution is 5.53. The lowest BCUT2D eigenvalue weighted by atomic mass is 9.96. The summed E-state index contributed by atoms with van der Waals surface area (Å²) in [5.41, 5.74) is 6.64. The minimum Gasteiger partial charge on any atom is -0.378 e. The molecule has 1 unspecified atom stereocenters. The van der Waals surface area contributed by atoms with Gasteiger partial charge in [-0.15, -0.1) is 0 Å². The van der Waals surface area contributed by atoms with E-state index in [0.717, 1.165) is 5.69 Å². The summed E-state index contributed by atoms with van der Waals surface area (Å²) in [6.45, 7) is 10.3. The summed E-state index contributed by atoms with van der Waals surface area (Å²) >= 11 is 0. The summed E-state index contributed by atoms with van der Waals surface area (Å²) < 4.78 is 13.6. The number of hydrogen-bond donors (Lipinski definition) is 1. The topological polar surface area (TPSA) is 12.0 Å². The first-order chi connectivity index (χ1) is 9.40. The number of hydrogen-bond acceptors (Lipinski definition) is 1. The molecule has 1 nitrogen and oxygen atoms in total. The molecule has 20 heavy (non-hydrogen) atoms. The molecule has 0 aliphatic rings. The van der Waals surface area contributed by atoms with Crippen molar-refractivity contribution in [1.82, 2.24) is 0 Å². The Bertz CT molecular complexity index is 632. The van der Waals surface area contributed by atoms with E-state index in [9.17, 15) is 4.39 Å². The highest BCUT2D eigenvalue weighted by Crippen LogP contribution is 2.27. The average molecular weight is 271 g/mol. The standard InChI is InChI=1S/C18H22FN/c1-11-9-13(3)16(10-12(11)2)15(5)20-18-8-6-7-17(19)14(18)4/h6-10,15,20H,1-5H3. The van der Waals surface area contributed by atoms with Crippen molar-refractivity contribution in [2.45, 2.75) is 40.7 Å². The van der Waals surface area contributed by atoms with Crippen molar-refractivity contribution in [2.24, 2.45) is 0 Å². The molecule has 106 valence electrons. The van der Waals surface area contributed by atoms with E-state index in [0.29, 0.717) is 5.56 Å². The molecule has 0 radical (unpaired) electrons. The van der Waals surface area contributed by atoms with Gasteiger partial charge in [-0.05, 0) is 69.0 Å². The monoisotopic (exact) mass is 271 g/mol. The molecule has 0 bridgehead atoms. The normalized spacial score (nSPS) is 12.3. The third-order valence-corrected chi connectivity index (χ3v) is 3.99. The van der Waals surface area contributed by atoms with E-state index in [1.54, 1.807) is 13.0 Å². The van der Waals surface area contributed by atoms with Crippen molar-refractivity contribution in [3.05, 3.63) is 64.0 Å². The summed E-state index contributed by atoms with van der Waals surface area (Å²) in [4.78, 5) is 0. The van der Waals surface area contributed by atoms with Crippen LogP contribution >= 0.6 is 0 Å². The van der Waals surface area contributed by atoms with Crippen LogP contribution in [0.3, 0.4) is 0 Å². The van der Waals surface area contributed by atoms with Crippen LogP contribution in [0.4, 0.5) is 10.1 Å². The fourth-order valence-electron chi connectivity index (χ4n) is 2.52. The van der Waals surface area contributed by atoms with E-state index in [1.165, 1.54) is 28.3 Å². The van der Waals surface area contributed by atoms with E-state index < -0.39 is 0 Å². The first-order valence-electron chi connectivity index (χ1n) is 6.99. The maximum Gasteiger partial charge on any atom is 0.128 e. The van der Waals surface area contributed by atoms with E-state index in [1.807, 2.05) is 6.07 Å². The Morgan fingerprint density at radius 2 is 1.60 bits per heavy atom. The van der Waals surface area contributed by atoms with Gasteiger partial charge in [-0.2, -0.15) is 0 Å². The Hall–Kier alpha value is -1.83. The van der Waals surface area contributed by atoms with Crippen LogP contribution in [0, 0.1) is 33.5 Å². The molecule has 2 rings (SSSR count). The molecule has 0 spiro atoms. The smallest absolute Gasteiger partial charge is 0.128 e. The lowest BCUT2D eigenvalue weighted by Gasteiger charge is -2.20. The van der Waals surface area contributed by atoms with E-state index in [4.69, 9.17) is 0 Å². The fraction of sp³-hybridized carbons (Fsp3) is 0.333. The molecule has 2 heteroatoms. The predicted molar refractivity (Wildman–Crippen MR) is 83.8 cm³/mol. The second-order valence-electron chi connectivity index (χ2n) is 5.57. The Labute approximate surface area is 120 Å². The van der Waals surface area contributed by atoms with Crippen molar-refractivity contribution in [3.8, 4) is 0 Å². The number of halogens is 1.